The number of pyridine rings is 1. The molecule has 8 heteroatoms. The molecule has 0 saturated carbocycles. The molecule has 2 aromatic heterocycles. The smallest absolute Gasteiger partial charge is 0.252 e. The van der Waals surface area contributed by atoms with Gasteiger partial charge in [-0.3, -0.25) is 9.48 Å². The maximum atomic E-state index is 13.0. The number of benzene rings is 1. The number of carbonyl (C=O) groups excluding carboxylic acids is 1. The van der Waals surface area contributed by atoms with Crippen LogP contribution >= 0.6 is 24.0 Å². The first-order chi connectivity index (χ1) is 12.8. The minimum Gasteiger partial charge on any atom is -0.350 e. The lowest BCUT2D eigenvalue weighted by atomic mass is 10.1. The van der Waals surface area contributed by atoms with Gasteiger partial charge in [-0.25, -0.2) is 4.98 Å². The molecular weight excluding hydrogens is 397 g/mol. The van der Waals surface area contributed by atoms with Gasteiger partial charge in [-0.15, -0.1) is 12.4 Å². The first-order valence-electron chi connectivity index (χ1n) is 8.79. The van der Waals surface area contributed by atoms with Crippen molar-refractivity contribution in [2.75, 3.05) is 20.6 Å². The van der Waals surface area contributed by atoms with Crippen molar-refractivity contribution >= 4 is 40.9 Å². The summed E-state index contributed by atoms with van der Waals surface area (Å²) in [6.07, 6.45) is 0. The van der Waals surface area contributed by atoms with E-state index in [1.54, 1.807) is 4.68 Å². The Balaban J connectivity index is 0.00000280. The molecule has 1 amide bonds. The van der Waals surface area contributed by atoms with E-state index in [1.165, 1.54) is 0 Å². The van der Waals surface area contributed by atoms with Gasteiger partial charge in [0, 0.05) is 24.3 Å². The van der Waals surface area contributed by atoms with E-state index in [0.717, 1.165) is 28.0 Å². The average Bonchev–Trinajstić information content (AvgIpc) is 2.88. The van der Waals surface area contributed by atoms with Crippen LogP contribution < -0.4 is 5.32 Å². The number of hydrogen-bond donors (Lipinski definition) is 1. The fraction of sp³-hybridized carbons (Fsp3) is 0.350. The molecule has 150 valence electrons. The van der Waals surface area contributed by atoms with Crippen molar-refractivity contribution in [3.05, 3.63) is 57.9 Å². The third-order valence-corrected chi connectivity index (χ3v) is 4.89. The van der Waals surface area contributed by atoms with E-state index in [9.17, 15) is 4.79 Å². The summed E-state index contributed by atoms with van der Waals surface area (Å²) in [4.78, 5) is 19.6. The van der Waals surface area contributed by atoms with Crippen molar-refractivity contribution in [3.63, 3.8) is 0 Å². The summed E-state index contributed by atoms with van der Waals surface area (Å²) in [5, 5.41) is 8.95. The Morgan fingerprint density at radius 1 is 1.29 bits per heavy atom. The van der Waals surface area contributed by atoms with Gasteiger partial charge in [0.2, 0.25) is 0 Å². The van der Waals surface area contributed by atoms with Crippen molar-refractivity contribution in [1.29, 1.82) is 0 Å². The Kier molecular flexibility index (Phi) is 7.04. The third kappa shape index (κ3) is 4.46. The molecule has 28 heavy (non-hydrogen) atoms. The highest BCUT2D eigenvalue weighted by Crippen LogP contribution is 2.23. The topological polar surface area (TPSA) is 63.1 Å². The van der Waals surface area contributed by atoms with Gasteiger partial charge in [-0.1, -0.05) is 23.7 Å². The standard InChI is InChI=1S/C20H24ClN5O.ClH/c1-12-9-16(18-13(2)24-26(5)19(18)23-12)20(27)22-11-17(25(3)4)14-7-6-8-15(21)10-14;/h6-10,17H,11H2,1-5H3,(H,22,27);1H. The Hall–Kier alpha value is -2.15. The molecule has 1 aromatic carbocycles. The van der Waals surface area contributed by atoms with E-state index < -0.39 is 0 Å². The zero-order valence-electron chi connectivity index (χ0n) is 16.7. The van der Waals surface area contributed by atoms with Crippen LogP contribution in [0.3, 0.4) is 0 Å². The Labute approximate surface area is 176 Å². The Morgan fingerprint density at radius 2 is 2.00 bits per heavy atom. The minimum atomic E-state index is -0.129. The lowest BCUT2D eigenvalue weighted by Gasteiger charge is -2.25. The van der Waals surface area contributed by atoms with E-state index in [1.807, 2.05) is 65.3 Å². The molecule has 0 aliphatic heterocycles. The largest absolute Gasteiger partial charge is 0.350 e. The average molecular weight is 422 g/mol. The number of amides is 1. The van der Waals surface area contributed by atoms with Gasteiger partial charge in [-0.2, -0.15) is 5.10 Å². The van der Waals surface area contributed by atoms with Crippen LogP contribution in [0.25, 0.3) is 11.0 Å². The van der Waals surface area contributed by atoms with E-state index in [4.69, 9.17) is 11.6 Å². The number of aryl methyl sites for hydroxylation is 3. The molecule has 2 heterocycles. The molecule has 0 fully saturated rings. The van der Waals surface area contributed by atoms with Gasteiger partial charge in [-0.05, 0) is 51.7 Å². The first kappa shape index (κ1) is 22.1. The van der Waals surface area contributed by atoms with Gasteiger partial charge < -0.3 is 10.2 Å². The van der Waals surface area contributed by atoms with Crippen LogP contribution in [-0.2, 0) is 7.05 Å². The van der Waals surface area contributed by atoms with Crippen LogP contribution in [0.4, 0.5) is 0 Å². The summed E-state index contributed by atoms with van der Waals surface area (Å²) in [5.41, 5.74) is 3.96. The van der Waals surface area contributed by atoms with Gasteiger partial charge in [0.05, 0.1) is 22.7 Å². The Bertz CT molecular complexity index is 1000. The Morgan fingerprint density at radius 3 is 2.64 bits per heavy atom. The SMILES string of the molecule is Cc1cc(C(=O)NCC(c2cccc(Cl)c2)N(C)C)c2c(C)nn(C)c2n1.Cl. The number of nitrogens with one attached hydrogen (secondary N) is 1. The third-order valence-electron chi connectivity index (χ3n) is 4.65. The fourth-order valence-corrected chi connectivity index (χ4v) is 3.54. The van der Waals surface area contributed by atoms with E-state index in [0.29, 0.717) is 17.1 Å². The van der Waals surface area contributed by atoms with E-state index in [-0.39, 0.29) is 24.4 Å². The molecule has 1 atom stereocenters. The fourth-order valence-electron chi connectivity index (χ4n) is 3.35. The van der Waals surface area contributed by atoms with Gasteiger partial charge in [0.25, 0.3) is 5.91 Å². The van der Waals surface area contributed by atoms with Crippen molar-refractivity contribution in [1.82, 2.24) is 25.0 Å². The lowest BCUT2D eigenvalue weighted by Crippen LogP contribution is -2.34. The van der Waals surface area contributed by atoms with Crippen molar-refractivity contribution < 1.29 is 4.79 Å². The van der Waals surface area contributed by atoms with Gasteiger partial charge in [0.1, 0.15) is 0 Å². The van der Waals surface area contributed by atoms with Crippen LogP contribution in [0.15, 0.2) is 30.3 Å². The molecule has 0 saturated heterocycles. The summed E-state index contributed by atoms with van der Waals surface area (Å²) in [5.74, 6) is -0.129. The number of likely N-dealkylation sites (N-methyl/N-ethyl adjacent to an activating group) is 1. The zero-order valence-corrected chi connectivity index (χ0v) is 18.2. The molecule has 3 aromatic rings. The molecule has 0 spiro atoms. The summed E-state index contributed by atoms with van der Waals surface area (Å²) in [6.45, 7) is 4.24. The van der Waals surface area contributed by atoms with Crippen LogP contribution in [0.5, 0.6) is 0 Å². The van der Waals surface area contributed by atoms with Crippen molar-refractivity contribution in [2.24, 2.45) is 7.05 Å². The summed E-state index contributed by atoms with van der Waals surface area (Å²) >= 11 is 6.13. The summed E-state index contributed by atoms with van der Waals surface area (Å²) < 4.78 is 1.71. The predicted molar refractivity (Wildman–Crippen MR) is 115 cm³/mol. The highest BCUT2D eigenvalue weighted by molar-refractivity contribution is 6.30. The van der Waals surface area contributed by atoms with Crippen LogP contribution in [0.1, 0.15) is 33.4 Å². The van der Waals surface area contributed by atoms with Crippen LogP contribution in [-0.4, -0.2) is 46.2 Å². The number of nitrogens with zero attached hydrogens (tertiary/aromatic N) is 4. The predicted octanol–water partition coefficient (Wildman–Crippen LogP) is 3.69. The monoisotopic (exact) mass is 421 g/mol. The molecule has 1 N–H and O–H groups in total. The first-order valence-corrected chi connectivity index (χ1v) is 9.16. The number of fused-ring (bicyclic) bond motifs is 1. The molecular formula is C20H25Cl2N5O. The van der Waals surface area contributed by atoms with Crippen LogP contribution in [0.2, 0.25) is 5.02 Å². The number of halogens is 2. The molecule has 1 unspecified atom stereocenters. The maximum absolute atomic E-state index is 13.0. The van der Waals surface area contributed by atoms with Gasteiger partial charge in [0.15, 0.2) is 5.65 Å². The summed E-state index contributed by atoms with van der Waals surface area (Å²) in [6, 6.07) is 9.54. The molecule has 0 bridgehead atoms. The molecule has 6 nitrogen and oxygen atoms in total. The highest BCUT2D eigenvalue weighted by Gasteiger charge is 2.20. The molecule has 0 aliphatic carbocycles. The second-order valence-corrected chi connectivity index (χ2v) is 7.40. The number of rotatable bonds is 5. The molecule has 0 radical (unpaired) electrons. The minimum absolute atomic E-state index is 0. The maximum Gasteiger partial charge on any atom is 0.252 e. The zero-order chi connectivity index (χ0) is 19.7. The normalized spacial score (nSPS) is 12.1. The summed E-state index contributed by atoms with van der Waals surface area (Å²) in [7, 11) is 5.81. The van der Waals surface area contributed by atoms with E-state index >= 15 is 0 Å². The lowest BCUT2D eigenvalue weighted by molar-refractivity contribution is 0.0943. The second kappa shape index (κ2) is 8.90. The number of hydrogen-bond acceptors (Lipinski definition) is 4. The van der Waals surface area contributed by atoms with E-state index in [2.05, 4.69) is 20.3 Å². The van der Waals surface area contributed by atoms with Gasteiger partial charge >= 0.3 is 0 Å². The van der Waals surface area contributed by atoms with Crippen molar-refractivity contribution in [3.8, 4) is 0 Å². The van der Waals surface area contributed by atoms with Crippen LogP contribution in [0, 0.1) is 13.8 Å². The second-order valence-electron chi connectivity index (χ2n) is 6.96. The quantitative estimate of drug-likeness (QED) is 0.681. The number of aromatic nitrogens is 3. The molecule has 3 rings (SSSR count). The molecule has 0 aliphatic rings. The highest BCUT2D eigenvalue weighted by atomic mass is 35.5. The number of carbonyl (C=O) groups is 1. The van der Waals surface area contributed by atoms with Crippen molar-refractivity contribution in [2.45, 2.75) is 19.9 Å².